The van der Waals surface area contributed by atoms with Crippen molar-refractivity contribution in [2.45, 2.75) is 20.3 Å². The summed E-state index contributed by atoms with van der Waals surface area (Å²) in [6, 6.07) is 7.34. The van der Waals surface area contributed by atoms with Crippen molar-refractivity contribution in [3.05, 3.63) is 35.7 Å². The van der Waals surface area contributed by atoms with Crippen LogP contribution in [0.3, 0.4) is 0 Å². The fourth-order valence-corrected chi connectivity index (χ4v) is 2.80. The van der Waals surface area contributed by atoms with Gasteiger partial charge in [-0.15, -0.1) is 0 Å². The van der Waals surface area contributed by atoms with E-state index in [-0.39, 0.29) is 11.3 Å². The summed E-state index contributed by atoms with van der Waals surface area (Å²) in [6.07, 6.45) is 0.928. The maximum absolute atomic E-state index is 12.8. The molecule has 0 spiro atoms. The number of carbonyl (C=O) groups is 1. The summed E-state index contributed by atoms with van der Waals surface area (Å²) >= 11 is 0. The van der Waals surface area contributed by atoms with Crippen LogP contribution < -0.4 is 5.73 Å². The van der Waals surface area contributed by atoms with Gasteiger partial charge in [0.25, 0.3) is 11.8 Å². The monoisotopic (exact) mass is 300 g/mol. The number of rotatable bonds is 3. The first-order valence-corrected chi connectivity index (χ1v) is 7.41. The predicted octanol–water partition coefficient (Wildman–Crippen LogP) is 1.86. The standard InChI is InChI=1S/C16H20N4O2/c1-11-18-14(22-19-11)12-5-3-4-6-13(12)15(21)20-8-7-16(2,9-17)10-20/h3-6H,7-10,17H2,1-2H3. The molecular formula is C16H20N4O2. The first-order valence-electron chi connectivity index (χ1n) is 7.41. The highest BCUT2D eigenvalue weighted by molar-refractivity contribution is 6.00. The Morgan fingerprint density at radius 1 is 1.45 bits per heavy atom. The molecule has 1 unspecified atom stereocenters. The second kappa shape index (κ2) is 5.53. The molecule has 6 nitrogen and oxygen atoms in total. The fourth-order valence-electron chi connectivity index (χ4n) is 2.80. The minimum Gasteiger partial charge on any atom is -0.338 e. The van der Waals surface area contributed by atoms with Crippen molar-refractivity contribution in [1.82, 2.24) is 15.0 Å². The molecule has 0 saturated carbocycles. The average molecular weight is 300 g/mol. The first kappa shape index (κ1) is 14.7. The molecule has 0 aliphatic carbocycles. The zero-order chi connectivity index (χ0) is 15.7. The van der Waals surface area contributed by atoms with E-state index >= 15 is 0 Å². The van der Waals surface area contributed by atoms with Crippen LogP contribution in [-0.2, 0) is 0 Å². The van der Waals surface area contributed by atoms with Gasteiger partial charge in [0.2, 0.25) is 0 Å². The molecule has 1 aliphatic rings. The minimum absolute atomic E-state index is 0.00563. The summed E-state index contributed by atoms with van der Waals surface area (Å²) in [6.45, 7) is 5.86. The Bertz CT molecular complexity index is 697. The topological polar surface area (TPSA) is 85.2 Å². The van der Waals surface area contributed by atoms with Crippen molar-refractivity contribution in [2.75, 3.05) is 19.6 Å². The number of aromatic nitrogens is 2. The van der Waals surface area contributed by atoms with E-state index in [4.69, 9.17) is 10.3 Å². The van der Waals surface area contributed by atoms with Gasteiger partial charge in [0.1, 0.15) is 0 Å². The van der Waals surface area contributed by atoms with Crippen molar-refractivity contribution in [3.63, 3.8) is 0 Å². The number of nitrogens with zero attached hydrogens (tertiary/aromatic N) is 3. The third kappa shape index (κ3) is 2.62. The lowest BCUT2D eigenvalue weighted by molar-refractivity contribution is 0.0777. The third-order valence-corrected chi connectivity index (χ3v) is 4.25. The van der Waals surface area contributed by atoms with Crippen LogP contribution in [0.25, 0.3) is 11.5 Å². The normalized spacial score (nSPS) is 21.3. The SMILES string of the molecule is Cc1noc(-c2ccccc2C(=O)N2CCC(C)(CN)C2)n1. The van der Waals surface area contributed by atoms with Gasteiger partial charge in [-0.25, -0.2) is 0 Å². The van der Waals surface area contributed by atoms with Crippen LogP contribution in [-0.4, -0.2) is 40.6 Å². The van der Waals surface area contributed by atoms with Gasteiger partial charge < -0.3 is 15.2 Å². The Morgan fingerprint density at radius 3 is 2.86 bits per heavy atom. The number of amides is 1. The summed E-state index contributed by atoms with van der Waals surface area (Å²) in [5, 5.41) is 3.80. The van der Waals surface area contributed by atoms with Gasteiger partial charge in [0.05, 0.1) is 11.1 Å². The zero-order valence-corrected chi connectivity index (χ0v) is 12.9. The Kier molecular flexibility index (Phi) is 3.70. The lowest BCUT2D eigenvalue weighted by Crippen LogP contribution is -2.34. The molecule has 1 amide bonds. The van der Waals surface area contributed by atoms with Gasteiger partial charge in [-0.05, 0) is 37.4 Å². The highest BCUT2D eigenvalue weighted by Crippen LogP contribution is 2.31. The van der Waals surface area contributed by atoms with Crippen molar-refractivity contribution >= 4 is 5.91 Å². The lowest BCUT2D eigenvalue weighted by atomic mass is 9.90. The Labute approximate surface area is 129 Å². The van der Waals surface area contributed by atoms with Gasteiger partial charge in [0, 0.05) is 13.1 Å². The quantitative estimate of drug-likeness (QED) is 0.935. The second-order valence-electron chi connectivity index (χ2n) is 6.18. The number of hydrogen-bond donors (Lipinski definition) is 1. The van der Waals surface area contributed by atoms with Crippen LogP contribution in [0.1, 0.15) is 29.5 Å². The van der Waals surface area contributed by atoms with E-state index in [1.165, 1.54) is 0 Å². The fraction of sp³-hybridized carbons (Fsp3) is 0.438. The summed E-state index contributed by atoms with van der Waals surface area (Å²) in [7, 11) is 0. The van der Waals surface area contributed by atoms with Crippen LogP contribution >= 0.6 is 0 Å². The van der Waals surface area contributed by atoms with E-state index in [0.29, 0.717) is 35.9 Å². The van der Waals surface area contributed by atoms with Crippen LogP contribution in [0.5, 0.6) is 0 Å². The number of aryl methyl sites for hydroxylation is 1. The number of hydrogen-bond acceptors (Lipinski definition) is 5. The Hall–Kier alpha value is -2.21. The molecule has 0 radical (unpaired) electrons. The maximum atomic E-state index is 12.8. The van der Waals surface area contributed by atoms with E-state index < -0.39 is 0 Å². The molecule has 1 fully saturated rings. The smallest absolute Gasteiger partial charge is 0.258 e. The van der Waals surface area contributed by atoms with Crippen molar-refractivity contribution < 1.29 is 9.32 Å². The minimum atomic E-state index is -0.0105. The van der Waals surface area contributed by atoms with Crippen LogP contribution in [0.15, 0.2) is 28.8 Å². The molecule has 1 aromatic heterocycles. The summed E-state index contributed by atoms with van der Waals surface area (Å²) < 4.78 is 5.21. The largest absolute Gasteiger partial charge is 0.338 e. The summed E-state index contributed by atoms with van der Waals surface area (Å²) in [5.74, 6) is 0.917. The molecule has 6 heteroatoms. The van der Waals surface area contributed by atoms with E-state index in [9.17, 15) is 4.79 Å². The van der Waals surface area contributed by atoms with Gasteiger partial charge in [-0.2, -0.15) is 4.98 Å². The summed E-state index contributed by atoms with van der Waals surface area (Å²) in [5.41, 5.74) is 7.09. The van der Waals surface area contributed by atoms with Gasteiger partial charge >= 0.3 is 0 Å². The highest BCUT2D eigenvalue weighted by Gasteiger charge is 2.36. The van der Waals surface area contributed by atoms with Crippen molar-refractivity contribution in [3.8, 4) is 11.5 Å². The van der Waals surface area contributed by atoms with Crippen LogP contribution in [0, 0.1) is 12.3 Å². The van der Waals surface area contributed by atoms with E-state index in [1.54, 1.807) is 13.0 Å². The predicted molar refractivity (Wildman–Crippen MR) is 82.2 cm³/mol. The highest BCUT2D eigenvalue weighted by atomic mass is 16.5. The molecule has 2 heterocycles. The number of carbonyl (C=O) groups excluding carboxylic acids is 1. The lowest BCUT2D eigenvalue weighted by Gasteiger charge is -2.23. The van der Waals surface area contributed by atoms with Crippen molar-refractivity contribution in [1.29, 1.82) is 0 Å². The molecule has 1 atom stereocenters. The zero-order valence-electron chi connectivity index (χ0n) is 12.9. The molecule has 1 aromatic carbocycles. The number of nitrogens with two attached hydrogens (primary N) is 1. The Morgan fingerprint density at radius 2 is 2.23 bits per heavy atom. The molecule has 22 heavy (non-hydrogen) atoms. The molecule has 116 valence electrons. The van der Waals surface area contributed by atoms with E-state index in [2.05, 4.69) is 17.1 Å². The second-order valence-corrected chi connectivity index (χ2v) is 6.18. The molecule has 2 aromatic rings. The van der Waals surface area contributed by atoms with Crippen molar-refractivity contribution in [2.24, 2.45) is 11.1 Å². The maximum Gasteiger partial charge on any atom is 0.258 e. The van der Waals surface area contributed by atoms with E-state index in [0.717, 1.165) is 13.0 Å². The van der Waals surface area contributed by atoms with Crippen LogP contribution in [0.2, 0.25) is 0 Å². The van der Waals surface area contributed by atoms with E-state index in [1.807, 2.05) is 23.1 Å². The average Bonchev–Trinajstić information content (AvgIpc) is 3.13. The third-order valence-electron chi connectivity index (χ3n) is 4.25. The van der Waals surface area contributed by atoms with Crippen LogP contribution in [0.4, 0.5) is 0 Å². The molecular weight excluding hydrogens is 280 g/mol. The molecule has 2 N–H and O–H groups in total. The van der Waals surface area contributed by atoms with Gasteiger partial charge in [-0.3, -0.25) is 4.79 Å². The molecule has 3 rings (SSSR count). The first-order chi connectivity index (χ1) is 10.5. The summed E-state index contributed by atoms with van der Waals surface area (Å²) in [4.78, 5) is 18.9. The number of likely N-dealkylation sites (tertiary alicyclic amines) is 1. The van der Waals surface area contributed by atoms with Gasteiger partial charge in [-0.1, -0.05) is 24.2 Å². The number of benzene rings is 1. The Balaban J connectivity index is 1.91. The molecule has 1 saturated heterocycles. The molecule has 0 bridgehead atoms. The van der Waals surface area contributed by atoms with Gasteiger partial charge in [0.15, 0.2) is 5.82 Å². The molecule has 1 aliphatic heterocycles.